The molecule has 156 valence electrons. The molecular formula is C19H27Cl2N2O4S+. The minimum absolute atomic E-state index is 0.0229. The van der Waals surface area contributed by atoms with Gasteiger partial charge >= 0.3 is 16.0 Å². The van der Waals surface area contributed by atoms with Crippen LogP contribution in [-0.4, -0.2) is 66.9 Å². The van der Waals surface area contributed by atoms with Gasteiger partial charge in [-0.05, 0) is 38.1 Å². The number of rotatable bonds is 7. The SMILES string of the molecule is C=CCN(C)[C@@H]1CCCC[C@H]1[N+](C)(CS(=O)(=O)O)C(=O)c1ccc(Cl)c(Cl)c1. The molecule has 1 aliphatic rings. The maximum Gasteiger partial charge on any atom is 0.346 e. The summed E-state index contributed by atoms with van der Waals surface area (Å²) in [6.07, 6.45) is 5.17. The third-order valence-corrected chi connectivity index (χ3v) is 7.07. The molecule has 1 saturated carbocycles. The average molecular weight is 450 g/mol. The van der Waals surface area contributed by atoms with Crippen LogP contribution in [0, 0.1) is 0 Å². The first-order valence-electron chi connectivity index (χ1n) is 9.11. The highest BCUT2D eigenvalue weighted by Gasteiger charge is 2.49. The van der Waals surface area contributed by atoms with Gasteiger partial charge in [0.1, 0.15) is 6.04 Å². The molecule has 1 unspecified atom stereocenters. The van der Waals surface area contributed by atoms with E-state index < -0.39 is 26.4 Å². The second-order valence-electron chi connectivity index (χ2n) is 7.56. The number of likely N-dealkylation sites (N-methyl/N-ethyl adjacent to an activating group) is 2. The molecule has 1 aromatic carbocycles. The first-order valence-corrected chi connectivity index (χ1v) is 11.5. The lowest BCUT2D eigenvalue weighted by molar-refractivity contribution is -0.847. The van der Waals surface area contributed by atoms with Crippen LogP contribution in [0.5, 0.6) is 0 Å². The molecule has 1 aromatic rings. The van der Waals surface area contributed by atoms with Gasteiger partial charge in [-0.15, -0.1) is 6.58 Å². The van der Waals surface area contributed by atoms with E-state index in [4.69, 9.17) is 23.2 Å². The molecule has 1 fully saturated rings. The van der Waals surface area contributed by atoms with Crippen molar-refractivity contribution in [2.75, 3.05) is 26.5 Å². The van der Waals surface area contributed by atoms with Gasteiger partial charge in [0, 0.05) is 13.0 Å². The van der Waals surface area contributed by atoms with E-state index >= 15 is 0 Å². The van der Waals surface area contributed by atoms with Crippen molar-refractivity contribution in [3.63, 3.8) is 0 Å². The van der Waals surface area contributed by atoms with Crippen LogP contribution in [-0.2, 0) is 10.1 Å². The third-order valence-electron chi connectivity index (χ3n) is 5.47. The monoisotopic (exact) mass is 449 g/mol. The predicted octanol–water partition coefficient (Wildman–Crippen LogP) is 3.85. The Bertz CT molecular complexity index is 846. The molecule has 0 aromatic heterocycles. The molecule has 28 heavy (non-hydrogen) atoms. The van der Waals surface area contributed by atoms with Gasteiger partial charge < -0.3 is 0 Å². The highest BCUT2D eigenvalue weighted by atomic mass is 35.5. The van der Waals surface area contributed by atoms with Crippen LogP contribution in [0.25, 0.3) is 0 Å². The van der Waals surface area contributed by atoms with Gasteiger partial charge in [0.15, 0.2) is 0 Å². The van der Waals surface area contributed by atoms with E-state index in [9.17, 15) is 17.8 Å². The van der Waals surface area contributed by atoms with Gasteiger partial charge in [-0.3, -0.25) is 9.45 Å². The molecule has 1 aliphatic carbocycles. The van der Waals surface area contributed by atoms with E-state index in [1.807, 2.05) is 7.05 Å². The summed E-state index contributed by atoms with van der Waals surface area (Å²) in [5.74, 6) is -1.12. The van der Waals surface area contributed by atoms with E-state index in [-0.39, 0.29) is 22.7 Å². The normalized spacial score (nSPS) is 22.6. The number of carbonyl (C=O) groups is 1. The average Bonchev–Trinajstić information content (AvgIpc) is 2.62. The number of carbonyl (C=O) groups excluding carboxylic acids is 1. The maximum absolute atomic E-state index is 13.5. The van der Waals surface area contributed by atoms with E-state index in [2.05, 4.69) is 11.5 Å². The fraction of sp³-hybridized carbons (Fsp3) is 0.526. The van der Waals surface area contributed by atoms with Crippen molar-refractivity contribution in [1.29, 1.82) is 0 Å². The summed E-state index contributed by atoms with van der Waals surface area (Å²) in [7, 11) is -0.901. The van der Waals surface area contributed by atoms with E-state index in [0.717, 1.165) is 19.3 Å². The van der Waals surface area contributed by atoms with Gasteiger partial charge in [-0.2, -0.15) is 8.42 Å². The Kier molecular flexibility index (Phi) is 7.69. The van der Waals surface area contributed by atoms with Crippen molar-refractivity contribution >= 4 is 39.2 Å². The minimum Gasteiger partial charge on any atom is -0.294 e. The zero-order chi connectivity index (χ0) is 21.1. The number of benzene rings is 1. The van der Waals surface area contributed by atoms with Gasteiger partial charge in [0.05, 0.1) is 28.7 Å². The second-order valence-corrected chi connectivity index (χ2v) is 9.80. The third kappa shape index (κ3) is 5.34. The Labute approximate surface area is 177 Å². The van der Waals surface area contributed by atoms with Gasteiger partial charge in [-0.25, -0.2) is 9.28 Å². The van der Waals surface area contributed by atoms with Gasteiger partial charge in [-0.1, -0.05) is 35.7 Å². The molecular weight excluding hydrogens is 423 g/mol. The molecule has 1 amide bonds. The summed E-state index contributed by atoms with van der Waals surface area (Å²) in [5, 5.41) is 0.526. The fourth-order valence-electron chi connectivity index (χ4n) is 4.18. The first kappa shape index (κ1) is 23.3. The lowest BCUT2D eigenvalue weighted by Gasteiger charge is -2.46. The molecule has 9 heteroatoms. The van der Waals surface area contributed by atoms with Crippen LogP contribution in [0.2, 0.25) is 10.0 Å². The second kappa shape index (κ2) is 9.24. The fourth-order valence-corrected chi connectivity index (χ4v) is 5.46. The smallest absolute Gasteiger partial charge is 0.294 e. The molecule has 0 radical (unpaired) electrons. The standard InChI is InChI=1S/C19H26Cl2N2O4S/c1-4-11-22(2)17-7-5-6-8-18(17)23(3,13-28(25,26)27)19(24)14-9-10-15(20)16(21)12-14/h4,9-10,12,17-18H,1,5-8,11,13H2,2-3H3/p+1/t17-,18-,23?/m1/s1. The Morgan fingerprint density at radius 3 is 2.54 bits per heavy atom. The van der Waals surface area contributed by atoms with Crippen molar-refractivity contribution < 1.29 is 22.2 Å². The Morgan fingerprint density at radius 2 is 1.96 bits per heavy atom. The topological polar surface area (TPSA) is 74.7 Å². The van der Waals surface area contributed by atoms with Crippen LogP contribution in [0.3, 0.4) is 0 Å². The summed E-state index contributed by atoms with van der Waals surface area (Å²) in [6.45, 7) is 4.39. The van der Waals surface area contributed by atoms with Gasteiger partial charge in [0.2, 0.25) is 5.88 Å². The molecule has 6 nitrogen and oxygen atoms in total. The molecule has 3 atom stereocenters. The van der Waals surface area contributed by atoms with Crippen LogP contribution >= 0.6 is 23.2 Å². The number of quaternary nitrogens is 1. The zero-order valence-corrected chi connectivity index (χ0v) is 18.5. The highest BCUT2D eigenvalue weighted by Crippen LogP contribution is 2.33. The van der Waals surface area contributed by atoms with Crippen LogP contribution < -0.4 is 0 Å². The highest BCUT2D eigenvalue weighted by molar-refractivity contribution is 7.85. The van der Waals surface area contributed by atoms with Crippen molar-refractivity contribution in [1.82, 2.24) is 4.90 Å². The van der Waals surface area contributed by atoms with Crippen molar-refractivity contribution in [3.05, 3.63) is 46.5 Å². The quantitative estimate of drug-likeness (QED) is 0.388. The Hall–Kier alpha value is -0.960. The Morgan fingerprint density at radius 1 is 1.32 bits per heavy atom. The number of hydrogen-bond acceptors (Lipinski definition) is 4. The Balaban J connectivity index is 2.52. The van der Waals surface area contributed by atoms with Crippen LogP contribution in [0.4, 0.5) is 0 Å². The van der Waals surface area contributed by atoms with Crippen LogP contribution in [0.15, 0.2) is 30.9 Å². The molecule has 1 N–H and O–H groups in total. The van der Waals surface area contributed by atoms with Gasteiger partial charge in [0.25, 0.3) is 0 Å². The zero-order valence-electron chi connectivity index (χ0n) is 16.1. The van der Waals surface area contributed by atoms with E-state index in [1.54, 1.807) is 13.1 Å². The first-order chi connectivity index (χ1) is 13.0. The maximum atomic E-state index is 13.5. The molecule has 0 bridgehead atoms. The summed E-state index contributed by atoms with van der Waals surface area (Å²) in [6, 6.07) is 4.16. The summed E-state index contributed by atoms with van der Waals surface area (Å²) >= 11 is 12.0. The predicted molar refractivity (Wildman–Crippen MR) is 112 cm³/mol. The van der Waals surface area contributed by atoms with Crippen LogP contribution in [0.1, 0.15) is 36.0 Å². The van der Waals surface area contributed by atoms with E-state index in [1.165, 1.54) is 18.2 Å². The number of hydrogen-bond donors (Lipinski definition) is 1. The van der Waals surface area contributed by atoms with Crippen molar-refractivity contribution in [3.8, 4) is 0 Å². The number of halogens is 2. The summed E-state index contributed by atoms with van der Waals surface area (Å²) in [5.41, 5.74) is 0.260. The summed E-state index contributed by atoms with van der Waals surface area (Å²) < 4.78 is 32.9. The lowest BCUT2D eigenvalue weighted by Crippen LogP contribution is -2.65. The minimum atomic E-state index is -4.41. The lowest BCUT2D eigenvalue weighted by atomic mass is 9.86. The number of amides is 1. The largest absolute Gasteiger partial charge is 0.346 e. The molecule has 0 spiro atoms. The molecule has 0 heterocycles. The molecule has 2 rings (SSSR count). The number of nitrogens with zero attached hydrogens (tertiary/aromatic N) is 2. The van der Waals surface area contributed by atoms with E-state index in [0.29, 0.717) is 18.0 Å². The van der Waals surface area contributed by atoms with Crippen molar-refractivity contribution in [2.45, 2.75) is 37.8 Å². The van der Waals surface area contributed by atoms with Crippen molar-refractivity contribution in [2.24, 2.45) is 0 Å². The molecule has 0 aliphatic heterocycles. The summed E-state index contributed by atoms with van der Waals surface area (Å²) in [4.78, 5) is 15.6. The molecule has 0 saturated heterocycles.